The summed E-state index contributed by atoms with van der Waals surface area (Å²) in [5.74, 6) is -1.43. The van der Waals surface area contributed by atoms with E-state index in [0.717, 1.165) is 12.3 Å². The number of nitrogens with zero attached hydrogens (tertiary/aromatic N) is 1. The van der Waals surface area contributed by atoms with E-state index in [4.69, 9.17) is 0 Å². The van der Waals surface area contributed by atoms with Crippen molar-refractivity contribution < 1.29 is 13.6 Å². The molecular formula is C12H7BrF2N2O. The van der Waals surface area contributed by atoms with Crippen LogP contribution in [0.3, 0.4) is 0 Å². The predicted molar refractivity (Wildman–Crippen MR) is 66.2 cm³/mol. The molecule has 0 spiro atoms. The molecule has 2 rings (SSSR count). The summed E-state index contributed by atoms with van der Waals surface area (Å²) in [4.78, 5) is 15.4. The summed E-state index contributed by atoms with van der Waals surface area (Å²) in [7, 11) is 0. The molecule has 0 atom stereocenters. The summed E-state index contributed by atoms with van der Waals surface area (Å²) in [6.45, 7) is 0. The molecular weight excluding hydrogens is 306 g/mol. The molecule has 0 saturated carbocycles. The van der Waals surface area contributed by atoms with Gasteiger partial charge in [-0.15, -0.1) is 0 Å². The zero-order valence-electron chi connectivity index (χ0n) is 8.95. The maximum Gasteiger partial charge on any atom is 0.274 e. The van der Waals surface area contributed by atoms with Gasteiger partial charge in [0, 0.05) is 4.47 Å². The number of amides is 1. The van der Waals surface area contributed by atoms with Crippen LogP contribution in [0, 0.1) is 11.6 Å². The van der Waals surface area contributed by atoms with Gasteiger partial charge in [0.15, 0.2) is 0 Å². The topological polar surface area (TPSA) is 42.0 Å². The van der Waals surface area contributed by atoms with Crippen LogP contribution in [-0.2, 0) is 0 Å². The van der Waals surface area contributed by atoms with Gasteiger partial charge in [0.25, 0.3) is 5.91 Å². The van der Waals surface area contributed by atoms with Gasteiger partial charge >= 0.3 is 0 Å². The third-order valence-electron chi connectivity index (χ3n) is 2.14. The first-order valence-electron chi connectivity index (χ1n) is 4.94. The summed E-state index contributed by atoms with van der Waals surface area (Å²) in [5.41, 5.74) is 0.486. The SMILES string of the molecule is O=C(Nc1ccc(F)cc1Br)c1ccc(F)cn1. The molecule has 1 heterocycles. The molecule has 0 bridgehead atoms. The highest BCUT2D eigenvalue weighted by molar-refractivity contribution is 9.10. The van der Waals surface area contributed by atoms with Crippen molar-refractivity contribution in [1.82, 2.24) is 4.98 Å². The molecule has 0 aliphatic carbocycles. The van der Waals surface area contributed by atoms with Crippen LogP contribution in [0.4, 0.5) is 14.5 Å². The monoisotopic (exact) mass is 312 g/mol. The van der Waals surface area contributed by atoms with Gasteiger partial charge in [-0.1, -0.05) is 0 Å². The molecule has 3 nitrogen and oxygen atoms in total. The highest BCUT2D eigenvalue weighted by atomic mass is 79.9. The van der Waals surface area contributed by atoms with Crippen LogP contribution in [0.25, 0.3) is 0 Å². The van der Waals surface area contributed by atoms with Gasteiger partial charge in [-0.3, -0.25) is 4.79 Å². The summed E-state index contributed by atoms with van der Waals surface area (Å²) in [6, 6.07) is 6.27. The number of aromatic nitrogens is 1. The van der Waals surface area contributed by atoms with E-state index >= 15 is 0 Å². The molecule has 1 amide bonds. The highest BCUT2D eigenvalue weighted by Crippen LogP contribution is 2.23. The largest absolute Gasteiger partial charge is 0.320 e. The summed E-state index contributed by atoms with van der Waals surface area (Å²) in [5, 5.41) is 2.54. The Morgan fingerprint density at radius 2 is 1.89 bits per heavy atom. The Morgan fingerprint density at radius 1 is 1.17 bits per heavy atom. The second-order valence-electron chi connectivity index (χ2n) is 3.44. The van der Waals surface area contributed by atoms with Crippen LogP contribution in [0.1, 0.15) is 10.5 Å². The van der Waals surface area contributed by atoms with Gasteiger partial charge in [0.2, 0.25) is 0 Å². The third kappa shape index (κ3) is 2.89. The maximum atomic E-state index is 12.9. The lowest BCUT2D eigenvalue weighted by atomic mass is 10.3. The van der Waals surface area contributed by atoms with Crippen LogP contribution in [-0.4, -0.2) is 10.9 Å². The Morgan fingerprint density at radius 3 is 2.50 bits per heavy atom. The minimum absolute atomic E-state index is 0.0765. The van der Waals surface area contributed by atoms with Crippen molar-refractivity contribution in [2.45, 2.75) is 0 Å². The third-order valence-corrected chi connectivity index (χ3v) is 2.80. The van der Waals surface area contributed by atoms with E-state index in [1.165, 1.54) is 24.3 Å². The number of carbonyl (C=O) groups excluding carboxylic acids is 1. The van der Waals surface area contributed by atoms with Gasteiger partial charge in [0.05, 0.1) is 11.9 Å². The molecule has 1 aromatic heterocycles. The molecule has 1 aromatic carbocycles. The number of benzene rings is 1. The van der Waals surface area contributed by atoms with Crippen LogP contribution >= 0.6 is 15.9 Å². The van der Waals surface area contributed by atoms with Crippen molar-refractivity contribution in [3.63, 3.8) is 0 Å². The Labute approximate surface area is 110 Å². The number of hydrogen-bond acceptors (Lipinski definition) is 2. The first kappa shape index (κ1) is 12.6. The molecule has 0 aliphatic heterocycles. The number of pyridine rings is 1. The lowest BCUT2D eigenvalue weighted by molar-refractivity contribution is 0.102. The molecule has 0 saturated heterocycles. The van der Waals surface area contributed by atoms with E-state index < -0.39 is 17.5 Å². The fraction of sp³-hybridized carbons (Fsp3) is 0. The summed E-state index contributed by atoms with van der Waals surface area (Å²) < 4.78 is 25.9. The molecule has 2 aromatic rings. The Kier molecular flexibility index (Phi) is 3.66. The minimum atomic E-state index is -0.519. The second kappa shape index (κ2) is 5.22. The van der Waals surface area contributed by atoms with Crippen molar-refractivity contribution in [2.24, 2.45) is 0 Å². The Balaban J connectivity index is 2.18. The van der Waals surface area contributed by atoms with Gasteiger partial charge in [-0.05, 0) is 46.3 Å². The van der Waals surface area contributed by atoms with Crippen molar-refractivity contribution in [2.75, 3.05) is 5.32 Å². The Bertz CT molecular complexity index is 587. The van der Waals surface area contributed by atoms with E-state index in [0.29, 0.717) is 10.2 Å². The maximum absolute atomic E-state index is 12.9. The number of anilines is 1. The molecule has 0 radical (unpaired) electrons. The van der Waals surface area contributed by atoms with E-state index in [1.54, 1.807) is 0 Å². The first-order chi connectivity index (χ1) is 8.56. The average molecular weight is 313 g/mol. The lowest BCUT2D eigenvalue weighted by Gasteiger charge is -2.06. The van der Waals surface area contributed by atoms with Crippen molar-refractivity contribution in [3.8, 4) is 0 Å². The van der Waals surface area contributed by atoms with Gasteiger partial charge in [0.1, 0.15) is 17.3 Å². The second-order valence-corrected chi connectivity index (χ2v) is 4.29. The molecule has 0 fully saturated rings. The predicted octanol–water partition coefficient (Wildman–Crippen LogP) is 3.37. The van der Waals surface area contributed by atoms with E-state index in [1.807, 2.05) is 0 Å². The molecule has 1 N–H and O–H groups in total. The summed E-state index contributed by atoms with van der Waals surface area (Å²) >= 11 is 3.12. The van der Waals surface area contributed by atoms with Gasteiger partial charge in [-0.25, -0.2) is 13.8 Å². The fourth-order valence-corrected chi connectivity index (χ4v) is 1.74. The van der Waals surface area contributed by atoms with Crippen molar-refractivity contribution >= 4 is 27.5 Å². The van der Waals surface area contributed by atoms with E-state index in [9.17, 15) is 13.6 Å². The standard InChI is InChI=1S/C12H7BrF2N2O/c13-9-5-7(14)1-3-10(9)17-12(18)11-4-2-8(15)6-16-11/h1-6H,(H,17,18). The van der Waals surface area contributed by atoms with E-state index in [-0.39, 0.29) is 5.69 Å². The zero-order chi connectivity index (χ0) is 13.1. The van der Waals surface area contributed by atoms with Crippen molar-refractivity contribution in [1.29, 1.82) is 0 Å². The first-order valence-corrected chi connectivity index (χ1v) is 5.73. The molecule has 0 aliphatic rings. The zero-order valence-corrected chi connectivity index (χ0v) is 10.5. The Hall–Kier alpha value is -1.82. The summed E-state index contributed by atoms with van der Waals surface area (Å²) in [6.07, 6.45) is 0.953. The molecule has 18 heavy (non-hydrogen) atoms. The van der Waals surface area contributed by atoms with Gasteiger partial charge in [-0.2, -0.15) is 0 Å². The van der Waals surface area contributed by atoms with Crippen LogP contribution < -0.4 is 5.32 Å². The number of nitrogens with one attached hydrogen (secondary N) is 1. The average Bonchev–Trinajstić information content (AvgIpc) is 2.33. The van der Waals surface area contributed by atoms with Crippen molar-refractivity contribution in [3.05, 3.63) is 58.3 Å². The van der Waals surface area contributed by atoms with Crippen LogP contribution in [0.2, 0.25) is 0 Å². The smallest absolute Gasteiger partial charge is 0.274 e. The number of carbonyl (C=O) groups is 1. The normalized spacial score (nSPS) is 10.2. The quantitative estimate of drug-likeness (QED) is 0.923. The number of halogens is 3. The number of hydrogen-bond donors (Lipinski definition) is 1. The van der Waals surface area contributed by atoms with Crippen LogP contribution in [0.15, 0.2) is 41.0 Å². The fourth-order valence-electron chi connectivity index (χ4n) is 1.29. The molecule has 6 heteroatoms. The molecule has 92 valence electrons. The number of rotatable bonds is 2. The van der Waals surface area contributed by atoms with Crippen LogP contribution in [0.5, 0.6) is 0 Å². The molecule has 0 unspecified atom stereocenters. The lowest BCUT2D eigenvalue weighted by Crippen LogP contribution is -2.14. The van der Waals surface area contributed by atoms with Gasteiger partial charge < -0.3 is 5.32 Å². The van der Waals surface area contributed by atoms with E-state index in [2.05, 4.69) is 26.2 Å². The minimum Gasteiger partial charge on any atom is -0.320 e. The highest BCUT2D eigenvalue weighted by Gasteiger charge is 2.10.